The highest BCUT2D eigenvalue weighted by Gasteiger charge is 2.17. The average Bonchev–Trinajstić information content (AvgIpc) is 2.52. The number of carbonyl (C=O) groups excluding carboxylic acids is 1. The minimum absolute atomic E-state index is 0.117. The quantitative estimate of drug-likeness (QED) is 0.806. The summed E-state index contributed by atoms with van der Waals surface area (Å²) in [4.78, 5) is 12.2. The topological polar surface area (TPSA) is 47.6 Å². The highest BCUT2D eigenvalue weighted by Crippen LogP contribution is 2.31. The lowest BCUT2D eigenvalue weighted by Gasteiger charge is -2.21. The van der Waals surface area contributed by atoms with Crippen molar-refractivity contribution in [1.82, 2.24) is 5.32 Å². The predicted molar refractivity (Wildman–Crippen MR) is 89.7 cm³/mol. The first-order chi connectivity index (χ1) is 10.6. The largest absolute Gasteiger partial charge is 0.467 e. The van der Waals surface area contributed by atoms with Gasteiger partial charge in [0.15, 0.2) is 6.79 Å². The molecule has 0 atom stereocenters. The molecule has 3 rings (SSSR count). The van der Waals surface area contributed by atoms with Crippen LogP contribution in [0.2, 0.25) is 0 Å². The summed E-state index contributed by atoms with van der Waals surface area (Å²) >= 11 is 6.83. The zero-order valence-corrected chi connectivity index (χ0v) is 14.7. The van der Waals surface area contributed by atoms with E-state index in [1.54, 1.807) is 12.1 Å². The highest BCUT2D eigenvalue weighted by atomic mass is 79.9. The van der Waals surface area contributed by atoms with Gasteiger partial charge in [-0.25, -0.2) is 0 Å². The molecule has 1 heterocycles. The summed E-state index contributed by atoms with van der Waals surface area (Å²) in [6.07, 6.45) is 0. The molecule has 1 aliphatic rings. The zero-order valence-electron chi connectivity index (χ0n) is 11.6. The second-order valence-corrected chi connectivity index (χ2v) is 6.68. The van der Waals surface area contributed by atoms with Gasteiger partial charge in [0.2, 0.25) is 0 Å². The predicted octanol–water partition coefficient (Wildman–Crippen LogP) is 4.01. The number of carbonyl (C=O) groups is 1. The molecule has 4 nitrogen and oxygen atoms in total. The number of halogens is 2. The third-order valence-corrected chi connectivity index (χ3v) is 4.28. The van der Waals surface area contributed by atoms with Crippen LogP contribution in [0.5, 0.6) is 5.75 Å². The van der Waals surface area contributed by atoms with Crippen LogP contribution in [-0.4, -0.2) is 12.7 Å². The van der Waals surface area contributed by atoms with Crippen molar-refractivity contribution in [2.75, 3.05) is 6.79 Å². The van der Waals surface area contributed by atoms with Gasteiger partial charge in [0.25, 0.3) is 5.91 Å². The summed E-state index contributed by atoms with van der Waals surface area (Å²) in [5.74, 6) is 0.679. The van der Waals surface area contributed by atoms with Gasteiger partial charge in [-0.2, -0.15) is 0 Å². The fourth-order valence-corrected chi connectivity index (χ4v) is 3.08. The van der Waals surface area contributed by atoms with Gasteiger partial charge in [-0.05, 0) is 36.4 Å². The maximum absolute atomic E-state index is 12.2. The van der Waals surface area contributed by atoms with Gasteiger partial charge in [0.1, 0.15) is 5.75 Å². The van der Waals surface area contributed by atoms with Crippen molar-refractivity contribution in [3.8, 4) is 5.75 Å². The van der Waals surface area contributed by atoms with Gasteiger partial charge < -0.3 is 14.8 Å². The van der Waals surface area contributed by atoms with Crippen LogP contribution in [0, 0.1) is 0 Å². The van der Waals surface area contributed by atoms with Gasteiger partial charge in [-0.1, -0.05) is 31.9 Å². The number of amides is 1. The van der Waals surface area contributed by atoms with E-state index in [4.69, 9.17) is 9.47 Å². The molecule has 0 bridgehead atoms. The molecule has 114 valence electrons. The van der Waals surface area contributed by atoms with Crippen molar-refractivity contribution in [3.63, 3.8) is 0 Å². The SMILES string of the molecule is O=C(NCc1cc(Br)cc2c1OCOC2)c1ccc(Br)cc1. The number of hydrogen-bond acceptors (Lipinski definition) is 3. The standard InChI is InChI=1S/C16H13Br2NO3/c17-13-3-1-10(2-4-13)16(20)19-7-11-5-14(18)6-12-8-21-9-22-15(11)12/h1-6H,7-9H2,(H,19,20). The fourth-order valence-electron chi connectivity index (χ4n) is 2.27. The Hall–Kier alpha value is -1.37. The molecule has 22 heavy (non-hydrogen) atoms. The lowest BCUT2D eigenvalue weighted by Crippen LogP contribution is -2.24. The lowest BCUT2D eigenvalue weighted by atomic mass is 10.1. The lowest BCUT2D eigenvalue weighted by molar-refractivity contribution is -0.0171. The second-order valence-electron chi connectivity index (χ2n) is 4.85. The minimum Gasteiger partial charge on any atom is -0.467 e. The zero-order chi connectivity index (χ0) is 15.5. The summed E-state index contributed by atoms with van der Waals surface area (Å²) in [6.45, 7) is 1.15. The van der Waals surface area contributed by atoms with Crippen LogP contribution in [-0.2, 0) is 17.9 Å². The Morgan fingerprint density at radius 1 is 1.14 bits per heavy atom. The minimum atomic E-state index is -0.117. The van der Waals surface area contributed by atoms with E-state index < -0.39 is 0 Å². The first-order valence-corrected chi connectivity index (χ1v) is 8.27. The Kier molecular flexibility index (Phi) is 4.81. The molecule has 6 heteroatoms. The maximum atomic E-state index is 12.2. The average molecular weight is 427 g/mol. The van der Waals surface area contributed by atoms with Crippen molar-refractivity contribution >= 4 is 37.8 Å². The number of hydrogen-bond donors (Lipinski definition) is 1. The Labute approximate surface area is 145 Å². The molecule has 0 spiro atoms. The van der Waals surface area contributed by atoms with Crippen LogP contribution >= 0.6 is 31.9 Å². The van der Waals surface area contributed by atoms with E-state index >= 15 is 0 Å². The molecule has 1 N–H and O–H groups in total. The molecule has 2 aromatic carbocycles. The van der Waals surface area contributed by atoms with E-state index in [1.807, 2.05) is 24.3 Å². The second kappa shape index (κ2) is 6.81. The molecular weight excluding hydrogens is 414 g/mol. The molecule has 0 saturated carbocycles. The van der Waals surface area contributed by atoms with Crippen molar-refractivity contribution in [1.29, 1.82) is 0 Å². The summed E-state index contributed by atoms with van der Waals surface area (Å²) in [5.41, 5.74) is 2.53. The van der Waals surface area contributed by atoms with Gasteiger partial charge in [0, 0.05) is 32.2 Å². The third-order valence-electron chi connectivity index (χ3n) is 3.30. The third kappa shape index (κ3) is 3.51. The van der Waals surface area contributed by atoms with Gasteiger partial charge in [-0.3, -0.25) is 4.79 Å². The van der Waals surface area contributed by atoms with Crippen LogP contribution in [0.3, 0.4) is 0 Å². The number of benzene rings is 2. The summed E-state index contributed by atoms with van der Waals surface area (Å²) < 4.78 is 12.7. The van der Waals surface area contributed by atoms with Crippen LogP contribution in [0.4, 0.5) is 0 Å². The van der Waals surface area contributed by atoms with Crippen molar-refractivity contribution in [2.45, 2.75) is 13.2 Å². The summed E-state index contributed by atoms with van der Waals surface area (Å²) in [7, 11) is 0. The van der Waals surface area contributed by atoms with E-state index in [2.05, 4.69) is 37.2 Å². The Balaban J connectivity index is 1.75. The van der Waals surface area contributed by atoms with Gasteiger partial charge in [0.05, 0.1) is 6.61 Å². The summed E-state index contributed by atoms with van der Waals surface area (Å²) in [5, 5.41) is 2.92. The van der Waals surface area contributed by atoms with Crippen molar-refractivity contribution < 1.29 is 14.3 Å². The highest BCUT2D eigenvalue weighted by molar-refractivity contribution is 9.10. The number of ether oxygens (including phenoxy) is 2. The number of rotatable bonds is 3. The van der Waals surface area contributed by atoms with E-state index in [-0.39, 0.29) is 12.7 Å². The first-order valence-electron chi connectivity index (χ1n) is 6.69. The Morgan fingerprint density at radius 3 is 2.68 bits per heavy atom. The van der Waals surface area contributed by atoms with Crippen molar-refractivity contribution in [2.24, 2.45) is 0 Å². The molecule has 0 aliphatic carbocycles. The number of nitrogens with one attached hydrogen (secondary N) is 1. The molecule has 0 saturated heterocycles. The first kappa shape index (κ1) is 15.5. The normalized spacial score (nSPS) is 13.2. The molecule has 1 amide bonds. The maximum Gasteiger partial charge on any atom is 0.251 e. The van der Waals surface area contributed by atoms with Crippen LogP contribution in [0.25, 0.3) is 0 Å². The van der Waals surface area contributed by atoms with Gasteiger partial charge in [-0.15, -0.1) is 0 Å². The molecule has 0 unspecified atom stereocenters. The molecular formula is C16H13Br2NO3. The van der Waals surface area contributed by atoms with E-state index in [0.717, 1.165) is 25.8 Å². The van der Waals surface area contributed by atoms with E-state index in [1.165, 1.54) is 0 Å². The van der Waals surface area contributed by atoms with Crippen LogP contribution in [0.1, 0.15) is 21.5 Å². The van der Waals surface area contributed by atoms with Crippen LogP contribution in [0.15, 0.2) is 45.3 Å². The molecule has 0 aromatic heterocycles. The Morgan fingerprint density at radius 2 is 1.91 bits per heavy atom. The molecule has 2 aromatic rings. The monoisotopic (exact) mass is 425 g/mol. The Bertz CT molecular complexity index is 701. The van der Waals surface area contributed by atoms with Gasteiger partial charge >= 0.3 is 0 Å². The number of fused-ring (bicyclic) bond motifs is 1. The smallest absolute Gasteiger partial charge is 0.251 e. The molecule has 0 fully saturated rings. The summed E-state index contributed by atoms with van der Waals surface area (Å²) in [6, 6.07) is 11.2. The van der Waals surface area contributed by atoms with Crippen molar-refractivity contribution in [3.05, 3.63) is 62.0 Å². The van der Waals surface area contributed by atoms with E-state index in [9.17, 15) is 4.79 Å². The van der Waals surface area contributed by atoms with Crippen LogP contribution < -0.4 is 10.1 Å². The molecule has 0 radical (unpaired) electrons. The molecule has 1 aliphatic heterocycles. The fraction of sp³-hybridized carbons (Fsp3) is 0.188. The van der Waals surface area contributed by atoms with E-state index in [0.29, 0.717) is 18.7 Å².